The van der Waals surface area contributed by atoms with E-state index >= 15 is 0 Å². The number of hydrogen-bond donors (Lipinski definition) is 1. The molecule has 0 aliphatic heterocycles. The van der Waals surface area contributed by atoms with Crippen LogP contribution in [0.5, 0.6) is 0 Å². The molecule has 14 heavy (non-hydrogen) atoms. The van der Waals surface area contributed by atoms with Gasteiger partial charge in [0.1, 0.15) is 6.61 Å². The maximum Gasteiger partial charge on any atom is 0.339 e. The molecule has 0 fully saturated rings. The number of aliphatic hydroxyl groups is 1. The minimum absolute atomic E-state index is 0.305. The summed E-state index contributed by atoms with van der Waals surface area (Å²) in [7, 11) is 0. The fourth-order valence-electron chi connectivity index (χ4n) is 0.589. The molecular formula is C10H16O4. The predicted molar refractivity (Wildman–Crippen MR) is 52.3 cm³/mol. The fraction of sp³-hybridized carbons (Fsp3) is 0.500. The van der Waals surface area contributed by atoms with E-state index in [-0.39, 0.29) is 0 Å². The summed E-state index contributed by atoms with van der Waals surface area (Å²) in [6.07, 6.45) is 2.17. The van der Waals surface area contributed by atoms with Crippen molar-refractivity contribution in [2.45, 2.75) is 26.6 Å². The number of ether oxygens (including phenoxy) is 2. The first kappa shape index (κ1) is 12.7. The standard InChI is InChI=1S/C10H16O4/c1-4-6-13-7-8(3)10(12)14-9(11)5-2/h4,7,9,11H,1,5-6H2,2-3H3/b8-7+. The summed E-state index contributed by atoms with van der Waals surface area (Å²) in [6.45, 7) is 7.05. The number of rotatable bonds is 6. The Morgan fingerprint density at radius 1 is 1.64 bits per heavy atom. The van der Waals surface area contributed by atoms with E-state index in [9.17, 15) is 4.79 Å². The summed E-state index contributed by atoms with van der Waals surface area (Å²) < 4.78 is 9.55. The van der Waals surface area contributed by atoms with E-state index in [0.29, 0.717) is 18.6 Å². The Bertz CT molecular complexity index is 220. The van der Waals surface area contributed by atoms with Crippen LogP contribution in [-0.2, 0) is 14.3 Å². The molecule has 0 saturated carbocycles. The molecule has 0 aromatic heterocycles. The van der Waals surface area contributed by atoms with Crippen molar-refractivity contribution in [1.29, 1.82) is 0 Å². The lowest BCUT2D eigenvalue weighted by molar-refractivity contribution is -0.163. The zero-order chi connectivity index (χ0) is 11.0. The molecule has 0 aromatic rings. The van der Waals surface area contributed by atoms with Crippen molar-refractivity contribution >= 4 is 5.97 Å². The molecule has 0 aliphatic carbocycles. The van der Waals surface area contributed by atoms with E-state index in [1.807, 2.05) is 0 Å². The van der Waals surface area contributed by atoms with Gasteiger partial charge in [-0.3, -0.25) is 0 Å². The molecule has 0 aliphatic rings. The highest BCUT2D eigenvalue weighted by molar-refractivity contribution is 5.87. The first-order valence-electron chi connectivity index (χ1n) is 4.40. The fourth-order valence-corrected chi connectivity index (χ4v) is 0.589. The lowest BCUT2D eigenvalue weighted by atomic mass is 10.3. The quantitative estimate of drug-likeness (QED) is 0.176. The zero-order valence-electron chi connectivity index (χ0n) is 8.53. The summed E-state index contributed by atoms with van der Waals surface area (Å²) in [4.78, 5) is 11.2. The summed E-state index contributed by atoms with van der Waals surface area (Å²) in [5.74, 6) is -0.580. The molecule has 1 unspecified atom stereocenters. The number of hydrogen-bond acceptors (Lipinski definition) is 4. The van der Waals surface area contributed by atoms with Gasteiger partial charge in [0.15, 0.2) is 0 Å². The molecule has 4 nitrogen and oxygen atoms in total. The minimum atomic E-state index is -1.05. The predicted octanol–water partition coefficient (Wildman–Crippen LogP) is 1.36. The summed E-state index contributed by atoms with van der Waals surface area (Å²) in [5, 5.41) is 9.02. The van der Waals surface area contributed by atoms with E-state index in [1.165, 1.54) is 6.26 Å². The van der Waals surface area contributed by atoms with Crippen LogP contribution < -0.4 is 0 Å². The molecule has 0 amide bonds. The van der Waals surface area contributed by atoms with Gasteiger partial charge in [0.25, 0.3) is 0 Å². The van der Waals surface area contributed by atoms with Gasteiger partial charge in [-0.1, -0.05) is 19.6 Å². The van der Waals surface area contributed by atoms with E-state index in [4.69, 9.17) is 9.84 Å². The second-order valence-corrected chi connectivity index (χ2v) is 2.69. The molecule has 0 heterocycles. The van der Waals surface area contributed by atoms with Crippen LogP contribution in [0, 0.1) is 0 Å². The number of carbonyl (C=O) groups is 1. The third-order valence-corrected chi connectivity index (χ3v) is 1.39. The molecule has 4 heteroatoms. The van der Waals surface area contributed by atoms with Crippen LogP contribution in [0.15, 0.2) is 24.5 Å². The molecule has 80 valence electrons. The van der Waals surface area contributed by atoms with E-state index < -0.39 is 12.3 Å². The molecule has 1 atom stereocenters. The third kappa shape index (κ3) is 5.37. The number of aliphatic hydroxyl groups excluding tert-OH is 1. The maximum atomic E-state index is 11.2. The van der Waals surface area contributed by atoms with Crippen molar-refractivity contribution < 1.29 is 19.4 Å². The highest BCUT2D eigenvalue weighted by Gasteiger charge is 2.10. The van der Waals surface area contributed by atoms with Crippen LogP contribution in [0.3, 0.4) is 0 Å². The normalized spacial score (nSPS) is 13.2. The Labute approximate surface area is 83.8 Å². The average Bonchev–Trinajstić information content (AvgIpc) is 2.17. The Morgan fingerprint density at radius 2 is 2.29 bits per heavy atom. The highest BCUT2D eigenvalue weighted by atomic mass is 16.6. The van der Waals surface area contributed by atoms with Crippen LogP contribution in [0.25, 0.3) is 0 Å². The van der Waals surface area contributed by atoms with Gasteiger partial charge in [0.2, 0.25) is 6.29 Å². The Balaban J connectivity index is 3.97. The maximum absolute atomic E-state index is 11.2. The highest BCUT2D eigenvalue weighted by Crippen LogP contribution is 2.01. The molecule has 0 radical (unpaired) electrons. The molecule has 0 spiro atoms. The van der Waals surface area contributed by atoms with E-state index in [1.54, 1.807) is 19.9 Å². The summed E-state index contributed by atoms with van der Waals surface area (Å²) >= 11 is 0. The van der Waals surface area contributed by atoms with Gasteiger partial charge < -0.3 is 14.6 Å². The lowest BCUT2D eigenvalue weighted by Gasteiger charge is -2.09. The van der Waals surface area contributed by atoms with Crippen molar-refractivity contribution in [1.82, 2.24) is 0 Å². The van der Waals surface area contributed by atoms with Crippen LogP contribution in [0.4, 0.5) is 0 Å². The van der Waals surface area contributed by atoms with Crippen molar-refractivity contribution in [3.8, 4) is 0 Å². The average molecular weight is 200 g/mol. The van der Waals surface area contributed by atoms with Crippen molar-refractivity contribution in [2.75, 3.05) is 6.61 Å². The third-order valence-electron chi connectivity index (χ3n) is 1.39. The smallest absolute Gasteiger partial charge is 0.339 e. The van der Waals surface area contributed by atoms with Crippen LogP contribution in [0.2, 0.25) is 0 Å². The van der Waals surface area contributed by atoms with Crippen molar-refractivity contribution in [3.05, 3.63) is 24.5 Å². The minimum Gasteiger partial charge on any atom is -0.497 e. The number of carbonyl (C=O) groups excluding carboxylic acids is 1. The second kappa shape index (κ2) is 7.15. The van der Waals surface area contributed by atoms with Gasteiger partial charge in [-0.05, 0) is 6.92 Å². The van der Waals surface area contributed by atoms with Gasteiger partial charge in [0, 0.05) is 6.42 Å². The summed E-state index contributed by atoms with van der Waals surface area (Å²) in [6, 6.07) is 0. The van der Waals surface area contributed by atoms with E-state index in [0.717, 1.165) is 0 Å². The first-order valence-corrected chi connectivity index (χ1v) is 4.40. The Hall–Kier alpha value is -1.29. The molecule has 0 rings (SSSR count). The van der Waals surface area contributed by atoms with Crippen molar-refractivity contribution in [3.63, 3.8) is 0 Å². The molecular weight excluding hydrogens is 184 g/mol. The first-order chi connectivity index (χ1) is 6.61. The molecule has 0 bridgehead atoms. The van der Waals surface area contributed by atoms with Crippen LogP contribution in [-0.4, -0.2) is 24.0 Å². The van der Waals surface area contributed by atoms with Gasteiger partial charge in [-0.15, -0.1) is 0 Å². The SMILES string of the molecule is C=CCO/C=C(\C)C(=O)OC(O)CC. The monoisotopic (exact) mass is 200 g/mol. The Morgan fingerprint density at radius 3 is 2.79 bits per heavy atom. The topological polar surface area (TPSA) is 55.8 Å². The largest absolute Gasteiger partial charge is 0.497 e. The summed E-state index contributed by atoms with van der Waals surface area (Å²) in [5.41, 5.74) is 0.305. The zero-order valence-corrected chi connectivity index (χ0v) is 8.53. The molecule has 0 saturated heterocycles. The molecule has 1 N–H and O–H groups in total. The van der Waals surface area contributed by atoms with Gasteiger partial charge >= 0.3 is 5.97 Å². The second-order valence-electron chi connectivity index (χ2n) is 2.69. The Kier molecular flexibility index (Phi) is 6.49. The number of esters is 1. The van der Waals surface area contributed by atoms with Gasteiger partial charge in [-0.2, -0.15) is 0 Å². The molecule has 0 aromatic carbocycles. The van der Waals surface area contributed by atoms with Crippen molar-refractivity contribution in [2.24, 2.45) is 0 Å². The van der Waals surface area contributed by atoms with E-state index in [2.05, 4.69) is 11.3 Å². The van der Waals surface area contributed by atoms with Crippen LogP contribution in [0.1, 0.15) is 20.3 Å². The van der Waals surface area contributed by atoms with Crippen LogP contribution >= 0.6 is 0 Å². The van der Waals surface area contributed by atoms with Gasteiger partial charge in [-0.25, -0.2) is 4.79 Å². The van der Waals surface area contributed by atoms with Gasteiger partial charge in [0.05, 0.1) is 11.8 Å². The lowest BCUT2D eigenvalue weighted by Crippen LogP contribution is -2.17.